The van der Waals surface area contributed by atoms with E-state index in [4.69, 9.17) is 17.0 Å². The van der Waals surface area contributed by atoms with Gasteiger partial charge in [0.25, 0.3) is 5.91 Å². The fourth-order valence-electron chi connectivity index (χ4n) is 2.03. The number of methoxy groups -OCH3 is 1. The average molecular weight is 422 g/mol. The van der Waals surface area contributed by atoms with Gasteiger partial charge in [-0.3, -0.25) is 14.9 Å². The van der Waals surface area contributed by atoms with Crippen molar-refractivity contribution in [2.24, 2.45) is 0 Å². The number of hydrogen-bond acceptors (Lipinski definition) is 4. The van der Waals surface area contributed by atoms with Gasteiger partial charge in [-0.15, -0.1) is 0 Å². The second-order valence-corrected chi connectivity index (χ2v) is 6.34. The summed E-state index contributed by atoms with van der Waals surface area (Å²) in [4.78, 5) is 23.4. The van der Waals surface area contributed by atoms with Crippen molar-refractivity contribution in [3.63, 3.8) is 0 Å². The first-order chi connectivity index (χ1) is 11.9. The summed E-state index contributed by atoms with van der Waals surface area (Å²) in [6.45, 7) is 1.44. The van der Waals surface area contributed by atoms with Gasteiger partial charge in [-0.05, 0) is 54.7 Å². The number of benzene rings is 2. The number of ether oxygens (including phenoxy) is 1. The molecule has 0 aliphatic heterocycles. The highest BCUT2D eigenvalue weighted by molar-refractivity contribution is 9.10. The molecule has 130 valence electrons. The monoisotopic (exact) mass is 421 g/mol. The lowest BCUT2D eigenvalue weighted by Crippen LogP contribution is -2.34. The molecule has 0 aliphatic carbocycles. The summed E-state index contributed by atoms with van der Waals surface area (Å²) in [6, 6.07) is 12.1. The molecule has 2 aromatic carbocycles. The molecule has 0 radical (unpaired) electrons. The first kappa shape index (κ1) is 18.9. The van der Waals surface area contributed by atoms with E-state index in [1.54, 1.807) is 42.5 Å². The number of hydrogen-bond donors (Lipinski definition) is 3. The number of amides is 2. The lowest BCUT2D eigenvalue weighted by molar-refractivity contribution is -0.114. The summed E-state index contributed by atoms with van der Waals surface area (Å²) in [5, 5.41) is 8.34. The van der Waals surface area contributed by atoms with Gasteiger partial charge < -0.3 is 15.4 Å². The van der Waals surface area contributed by atoms with E-state index in [0.29, 0.717) is 22.7 Å². The Balaban J connectivity index is 2.01. The predicted molar refractivity (Wildman–Crippen MR) is 105 cm³/mol. The molecule has 2 amide bonds. The lowest BCUT2D eigenvalue weighted by atomic mass is 10.2. The number of nitrogens with one attached hydrogen (secondary N) is 3. The van der Waals surface area contributed by atoms with Crippen LogP contribution in [0.4, 0.5) is 11.4 Å². The normalized spacial score (nSPS) is 9.88. The van der Waals surface area contributed by atoms with Crippen LogP contribution in [0.1, 0.15) is 17.3 Å². The molecule has 8 heteroatoms. The zero-order valence-corrected chi connectivity index (χ0v) is 16.0. The highest BCUT2D eigenvalue weighted by Crippen LogP contribution is 2.23. The van der Waals surface area contributed by atoms with Crippen LogP contribution in [0.2, 0.25) is 0 Å². The second kappa shape index (κ2) is 8.59. The Morgan fingerprint density at radius 2 is 1.64 bits per heavy atom. The molecular weight excluding hydrogens is 406 g/mol. The van der Waals surface area contributed by atoms with Crippen LogP contribution in [-0.4, -0.2) is 24.0 Å². The lowest BCUT2D eigenvalue weighted by Gasteiger charge is -2.12. The van der Waals surface area contributed by atoms with E-state index < -0.39 is 0 Å². The van der Waals surface area contributed by atoms with Crippen LogP contribution in [0.5, 0.6) is 5.75 Å². The highest BCUT2D eigenvalue weighted by atomic mass is 79.9. The fourth-order valence-corrected chi connectivity index (χ4v) is 2.60. The smallest absolute Gasteiger partial charge is 0.261 e. The van der Waals surface area contributed by atoms with Crippen molar-refractivity contribution in [3.05, 3.63) is 52.5 Å². The Kier molecular flexibility index (Phi) is 6.49. The first-order valence-corrected chi connectivity index (χ1v) is 8.42. The number of halogens is 1. The van der Waals surface area contributed by atoms with Crippen molar-refractivity contribution in [1.82, 2.24) is 5.32 Å². The van der Waals surface area contributed by atoms with Gasteiger partial charge in [-0.25, -0.2) is 0 Å². The minimum Gasteiger partial charge on any atom is -0.496 e. The highest BCUT2D eigenvalue weighted by Gasteiger charge is 2.14. The Morgan fingerprint density at radius 1 is 1.04 bits per heavy atom. The number of thiocarbonyl (C=S) groups is 1. The quantitative estimate of drug-likeness (QED) is 0.657. The van der Waals surface area contributed by atoms with Gasteiger partial charge in [0.1, 0.15) is 5.75 Å². The van der Waals surface area contributed by atoms with Crippen molar-refractivity contribution in [1.29, 1.82) is 0 Å². The molecule has 3 N–H and O–H groups in total. The first-order valence-electron chi connectivity index (χ1n) is 7.22. The molecule has 0 heterocycles. The Hall–Kier alpha value is -2.45. The van der Waals surface area contributed by atoms with Crippen LogP contribution in [0.15, 0.2) is 46.9 Å². The zero-order chi connectivity index (χ0) is 18.4. The van der Waals surface area contributed by atoms with Crippen LogP contribution in [0.3, 0.4) is 0 Å². The molecule has 0 saturated carbocycles. The van der Waals surface area contributed by atoms with Crippen molar-refractivity contribution < 1.29 is 14.3 Å². The van der Waals surface area contributed by atoms with Crippen LogP contribution < -0.4 is 20.7 Å². The molecule has 0 atom stereocenters. The van der Waals surface area contributed by atoms with Gasteiger partial charge in [-0.1, -0.05) is 15.9 Å². The Morgan fingerprint density at radius 3 is 2.20 bits per heavy atom. The minimum atomic E-state index is -0.384. The fraction of sp³-hybridized carbons (Fsp3) is 0.118. The van der Waals surface area contributed by atoms with E-state index >= 15 is 0 Å². The molecule has 0 aliphatic rings. The van der Waals surface area contributed by atoms with Gasteiger partial charge in [0.15, 0.2) is 5.11 Å². The van der Waals surface area contributed by atoms with Crippen molar-refractivity contribution in [2.45, 2.75) is 6.92 Å². The maximum atomic E-state index is 12.4. The van der Waals surface area contributed by atoms with E-state index in [2.05, 4.69) is 31.9 Å². The van der Waals surface area contributed by atoms with E-state index in [-0.39, 0.29) is 16.9 Å². The maximum absolute atomic E-state index is 12.4. The van der Waals surface area contributed by atoms with E-state index in [1.165, 1.54) is 14.0 Å². The number of anilines is 2. The molecular formula is C17H16BrN3O3S. The van der Waals surface area contributed by atoms with Gasteiger partial charge >= 0.3 is 0 Å². The maximum Gasteiger partial charge on any atom is 0.261 e. The van der Waals surface area contributed by atoms with Crippen LogP contribution in [0, 0.1) is 0 Å². The third-order valence-corrected chi connectivity index (χ3v) is 3.79. The molecule has 0 fully saturated rings. The number of carbonyl (C=O) groups is 2. The third kappa shape index (κ3) is 5.54. The summed E-state index contributed by atoms with van der Waals surface area (Å²) >= 11 is 8.49. The van der Waals surface area contributed by atoms with Crippen molar-refractivity contribution in [3.8, 4) is 5.75 Å². The summed E-state index contributed by atoms with van der Waals surface area (Å²) in [5.74, 6) is -0.0832. The third-order valence-electron chi connectivity index (χ3n) is 3.10. The Bertz CT molecular complexity index is 809. The summed E-state index contributed by atoms with van der Waals surface area (Å²) in [5.41, 5.74) is 1.72. The molecule has 0 bridgehead atoms. The predicted octanol–water partition coefficient (Wildman–Crippen LogP) is 3.54. The van der Waals surface area contributed by atoms with Gasteiger partial charge in [0, 0.05) is 22.8 Å². The molecule has 0 aromatic heterocycles. The molecule has 2 rings (SSSR count). The topological polar surface area (TPSA) is 79.5 Å². The average Bonchev–Trinajstić information content (AvgIpc) is 2.56. The molecule has 0 spiro atoms. The van der Waals surface area contributed by atoms with Gasteiger partial charge in [-0.2, -0.15) is 0 Å². The molecule has 25 heavy (non-hydrogen) atoms. The van der Waals surface area contributed by atoms with Crippen LogP contribution in [-0.2, 0) is 4.79 Å². The molecule has 0 saturated heterocycles. The minimum absolute atomic E-state index is 0.147. The van der Waals surface area contributed by atoms with E-state index in [9.17, 15) is 9.59 Å². The van der Waals surface area contributed by atoms with Gasteiger partial charge in [0.2, 0.25) is 5.91 Å². The van der Waals surface area contributed by atoms with Crippen molar-refractivity contribution >= 4 is 56.4 Å². The standard InChI is InChI=1S/C17H16BrN3O3S/c1-10(22)19-12-4-6-13(7-5-12)20-17(25)21-16(23)14-9-11(18)3-8-15(14)24-2/h3-9H,1-2H3,(H,19,22)(H2,20,21,23,25). The van der Waals surface area contributed by atoms with Crippen molar-refractivity contribution in [2.75, 3.05) is 17.7 Å². The largest absolute Gasteiger partial charge is 0.496 e. The number of rotatable bonds is 4. The summed E-state index contributed by atoms with van der Waals surface area (Å²) in [7, 11) is 1.49. The summed E-state index contributed by atoms with van der Waals surface area (Å²) < 4.78 is 5.94. The van der Waals surface area contributed by atoms with Gasteiger partial charge in [0.05, 0.1) is 12.7 Å². The Labute approximate surface area is 159 Å². The summed E-state index contributed by atoms with van der Waals surface area (Å²) in [6.07, 6.45) is 0. The number of carbonyl (C=O) groups excluding carboxylic acids is 2. The molecule has 0 unspecified atom stereocenters. The zero-order valence-electron chi connectivity index (χ0n) is 13.6. The second-order valence-electron chi connectivity index (χ2n) is 5.01. The van der Waals surface area contributed by atoms with Crippen LogP contribution >= 0.6 is 28.1 Å². The molecule has 2 aromatic rings. The SMILES string of the molecule is COc1ccc(Br)cc1C(=O)NC(=S)Nc1ccc(NC(C)=O)cc1. The van der Waals surface area contributed by atoms with E-state index in [1.807, 2.05) is 0 Å². The molecule has 6 nitrogen and oxygen atoms in total. The van der Waals surface area contributed by atoms with Crippen LogP contribution in [0.25, 0.3) is 0 Å². The van der Waals surface area contributed by atoms with E-state index in [0.717, 1.165) is 4.47 Å².